The minimum atomic E-state index is -0.424. The van der Waals surface area contributed by atoms with E-state index in [9.17, 15) is 4.79 Å². The van der Waals surface area contributed by atoms with Crippen LogP contribution in [-0.2, 0) is 19.3 Å². The summed E-state index contributed by atoms with van der Waals surface area (Å²) >= 11 is 1.67. The van der Waals surface area contributed by atoms with E-state index in [0.717, 1.165) is 52.6 Å². The summed E-state index contributed by atoms with van der Waals surface area (Å²) in [5, 5.41) is 4.28. The number of carbonyl (C=O) groups is 1. The standard InChI is InChI=1S/C21H22N4OS/c1-12(2)10-13-5-6-14(20(22)26)11-17(13)24-21-25-19-15-4-3-9-23-16(15)7-8-18(19)27-21/h3-6,9,11-12H,7-8,10H2,1-2H3,(H2,22,26)(H,24,25). The van der Waals surface area contributed by atoms with Gasteiger partial charge in [0.2, 0.25) is 5.91 Å². The lowest BCUT2D eigenvalue weighted by atomic mass is 9.98. The number of benzene rings is 1. The van der Waals surface area contributed by atoms with Crippen molar-refractivity contribution in [2.45, 2.75) is 33.1 Å². The molecule has 0 radical (unpaired) electrons. The number of nitrogens with two attached hydrogens (primary N) is 1. The highest BCUT2D eigenvalue weighted by molar-refractivity contribution is 7.16. The highest BCUT2D eigenvalue weighted by Crippen LogP contribution is 2.38. The molecule has 0 fully saturated rings. The molecule has 0 saturated heterocycles. The van der Waals surface area contributed by atoms with Crippen LogP contribution in [-0.4, -0.2) is 15.9 Å². The molecule has 5 nitrogen and oxygen atoms in total. The van der Waals surface area contributed by atoms with Gasteiger partial charge in [-0.3, -0.25) is 9.78 Å². The number of fused-ring (bicyclic) bond motifs is 3. The molecule has 2 heterocycles. The summed E-state index contributed by atoms with van der Waals surface area (Å²) in [5.41, 5.74) is 11.3. The Kier molecular flexibility index (Phi) is 4.66. The third kappa shape index (κ3) is 3.57. The van der Waals surface area contributed by atoms with Crippen LogP contribution < -0.4 is 11.1 Å². The molecule has 6 heteroatoms. The van der Waals surface area contributed by atoms with Crippen LogP contribution in [0.2, 0.25) is 0 Å². The number of hydrogen-bond donors (Lipinski definition) is 2. The molecular formula is C21H22N4OS. The molecule has 3 aromatic rings. The Balaban J connectivity index is 1.70. The smallest absolute Gasteiger partial charge is 0.248 e. The van der Waals surface area contributed by atoms with Crippen LogP contribution in [0.1, 0.15) is 40.3 Å². The van der Waals surface area contributed by atoms with E-state index in [-0.39, 0.29) is 0 Å². The first kappa shape index (κ1) is 17.7. The number of nitrogens with zero attached hydrogens (tertiary/aromatic N) is 2. The number of aryl methyl sites for hydroxylation is 2. The molecular weight excluding hydrogens is 356 g/mol. The summed E-state index contributed by atoms with van der Waals surface area (Å²) in [6, 6.07) is 9.64. The first-order valence-electron chi connectivity index (χ1n) is 9.15. The lowest BCUT2D eigenvalue weighted by molar-refractivity contribution is 0.100. The van der Waals surface area contributed by atoms with Crippen LogP contribution in [0.25, 0.3) is 11.3 Å². The molecule has 0 bridgehead atoms. The molecule has 0 unspecified atom stereocenters. The van der Waals surface area contributed by atoms with Crippen LogP contribution in [0.15, 0.2) is 36.5 Å². The summed E-state index contributed by atoms with van der Waals surface area (Å²) in [7, 11) is 0. The average molecular weight is 379 g/mol. The summed E-state index contributed by atoms with van der Waals surface area (Å²) in [6.45, 7) is 4.36. The molecule has 2 aromatic heterocycles. The number of hydrogen-bond acceptors (Lipinski definition) is 5. The Morgan fingerprint density at radius 3 is 2.93 bits per heavy atom. The van der Waals surface area contributed by atoms with Gasteiger partial charge in [0.15, 0.2) is 5.13 Å². The SMILES string of the molecule is CC(C)Cc1ccc(C(N)=O)cc1Nc1nc2c(s1)CCc1ncccc1-2. The van der Waals surface area contributed by atoms with Crippen LogP contribution in [0, 0.1) is 5.92 Å². The number of nitrogens with one attached hydrogen (secondary N) is 1. The average Bonchev–Trinajstić information content (AvgIpc) is 3.05. The number of carbonyl (C=O) groups excluding carboxylic acids is 1. The van der Waals surface area contributed by atoms with Crippen LogP contribution in [0.5, 0.6) is 0 Å². The molecule has 0 spiro atoms. The zero-order chi connectivity index (χ0) is 19.0. The van der Waals surface area contributed by atoms with E-state index in [2.05, 4.69) is 30.2 Å². The van der Waals surface area contributed by atoms with Gasteiger partial charge in [-0.15, -0.1) is 11.3 Å². The van der Waals surface area contributed by atoms with E-state index in [0.29, 0.717) is 11.5 Å². The normalized spacial score (nSPS) is 12.6. The van der Waals surface area contributed by atoms with Crippen LogP contribution in [0.4, 0.5) is 10.8 Å². The highest BCUT2D eigenvalue weighted by Gasteiger charge is 2.22. The molecule has 0 atom stereocenters. The third-order valence-electron chi connectivity index (χ3n) is 4.70. The van der Waals surface area contributed by atoms with Gasteiger partial charge in [-0.25, -0.2) is 4.98 Å². The van der Waals surface area contributed by atoms with Gasteiger partial charge in [-0.2, -0.15) is 0 Å². The lowest BCUT2D eigenvalue weighted by Gasteiger charge is -2.13. The fraction of sp³-hybridized carbons (Fsp3) is 0.286. The Hall–Kier alpha value is -2.73. The Labute approximate surface area is 162 Å². The second-order valence-electron chi connectivity index (χ2n) is 7.25. The number of amides is 1. The zero-order valence-electron chi connectivity index (χ0n) is 15.5. The highest BCUT2D eigenvalue weighted by atomic mass is 32.1. The molecule has 0 aliphatic heterocycles. The predicted molar refractivity (Wildman–Crippen MR) is 110 cm³/mol. The van der Waals surface area contributed by atoms with E-state index >= 15 is 0 Å². The second kappa shape index (κ2) is 7.12. The molecule has 1 amide bonds. The van der Waals surface area contributed by atoms with Crippen molar-refractivity contribution in [1.29, 1.82) is 0 Å². The summed E-state index contributed by atoms with van der Waals surface area (Å²) in [6.07, 6.45) is 4.65. The molecule has 3 N–H and O–H groups in total. The van der Waals surface area contributed by atoms with Crippen molar-refractivity contribution in [1.82, 2.24) is 9.97 Å². The van der Waals surface area contributed by atoms with Crippen molar-refractivity contribution in [3.05, 3.63) is 58.2 Å². The summed E-state index contributed by atoms with van der Waals surface area (Å²) in [5.74, 6) is 0.0833. The number of thiazole rings is 1. The first-order chi connectivity index (χ1) is 13.0. The first-order valence-corrected chi connectivity index (χ1v) is 9.96. The third-order valence-corrected chi connectivity index (χ3v) is 5.73. The maximum absolute atomic E-state index is 11.6. The van der Waals surface area contributed by atoms with Crippen molar-refractivity contribution in [3.8, 4) is 11.3 Å². The molecule has 4 rings (SSSR count). The van der Waals surface area contributed by atoms with E-state index in [4.69, 9.17) is 10.7 Å². The van der Waals surface area contributed by atoms with Gasteiger partial charge >= 0.3 is 0 Å². The van der Waals surface area contributed by atoms with E-state index in [1.54, 1.807) is 17.4 Å². The minimum Gasteiger partial charge on any atom is -0.366 e. The molecule has 1 aliphatic rings. The van der Waals surface area contributed by atoms with Gasteiger partial charge in [0.05, 0.1) is 11.4 Å². The van der Waals surface area contributed by atoms with Gasteiger partial charge in [0, 0.05) is 27.9 Å². The quantitative estimate of drug-likeness (QED) is 0.692. The van der Waals surface area contributed by atoms with Crippen molar-refractivity contribution in [2.75, 3.05) is 5.32 Å². The topological polar surface area (TPSA) is 80.9 Å². The molecule has 1 aromatic carbocycles. The van der Waals surface area contributed by atoms with Gasteiger partial charge < -0.3 is 11.1 Å². The van der Waals surface area contributed by atoms with Gasteiger partial charge in [-0.05, 0) is 55.0 Å². The van der Waals surface area contributed by atoms with Crippen LogP contribution >= 0.6 is 11.3 Å². The maximum atomic E-state index is 11.6. The lowest BCUT2D eigenvalue weighted by Crippen LogP contribution is -2.12. The molecule has 138 valence electrons. The van der Waals surface area contributed by atoms with Crippen molar-refractivity contribution in [2.24, 2.45) is 11.7 Å². The maximum Gasteiger partial charge on any atom is 0.248 e. The second-order valence-corrected chi connectivity index (χ2v) is 8.33. The number of rotatable bonds is 5. The molecule has 27 heavy (non-hydrogen) atoms. The Bertz CT molecular complexity index is 1010. The fourth-order valence-corrected chi connectivity index (χ4v) is 4.44. The number of primary amides is 1. The fourth-order valence-electron chi connectivity index (χ4n) is 3.45. The van der Waals surface area contributed by atoms with E-state index in [1.165, 1.54) is 4.88 Å². The van der Waals surface area contributed by atoms with Crippen molar-refractivity contribution >= 4 is 28.1 Å². The predicted octanol–water partition coefficient (Wildman–Crippen LogP) is 4.34. The Morgan fingerprint density at radius 1 is 1.30 bits per heavy atom. The van der Waals surface area contributed by atoms with Crippen molar-refractivity contribution < 1.29 is 4.79 Å². The summed E-state index contributed by atoms with van der Waals surface area (Å²) < 4.78 is 0. The van der Waals surface area contributed by atoms with Gasteiger partial charge in [0.1, 0.15) is 0 Å². The monoisotopic (exact) mass is 378 g/mol. The largest absolute Gasteiger partial charge is 0.366 e. The molecule has 0 saturated carbocycles. The van der Waals surface area contributed by atoms with E-state index < -0.39 is 5.91 Å². The van der Waals surface area contributed by atoms with Crippen LogP contribution in [0.3, 0.4) is 0 Å². The number of pyridine rings is 1. The number of anilines is 2. The Morgan fingerprint density at radius 2 is 2.15 bits per heavy atom. The van der Waals surface area contributed by atoms with Gasteiger partial charge in [0.25, 0.3) is 0 Å². The minimum absolute atomic E-state index is 0.424. The number of aromatic nitrogens is 2. The summed E-state index contributed by atoms with van der Waals surface area (Å²) in [4.78, 5) is 22.2. The van der Waals surface area contributed by atoms with E-state index in [1.807, 2.05) is 24.4 Å². The van der Waals surface area contributed by atoms with Crippen molar-refractivity contribution in [3.63, 3.8) is 0 Å². The molecule has 1 aliphatic carbocycles. The van der Waals surface area contributed by atoms with Gasteiger partial charge in [-0.1, -0.05) is 19.9 Å². The zero-order valence-corrected chi connectivity index (χ0v) is 16.3.